The molecule has 0 aromatic carbocycles. The molecule has 69 heavy (non-hydrogen) atoms. The molecule has 5 heterocycles. The Morgan fingerprint density at radius 3 is 1.96 bits per heavy atom. The van der Waals surface area contributed by atoms with E-state index < -0.39 is 83.3 Å². The lowest BCUT2D eigenvalue weighted by Crippen LogP contribution is -2.47. The molecule has 14 nitrogen and oxygen atoms in total. The Morgan fingerprint density at radius 1 is 0.797 bits per heavy atom. The van der Waals surface area contributed by atoms with E-state index in [1.165, 1.54) is 22.7 Å². The summed E-state index contributed by atoms with van der Waals surface area (Å²) in [7, 11) is 0. The number of epoxide rings is 1. The van der Waals surface area contributed by atoms with Crippen LogP contribution < -0.4 is 10.5 Å². The van der Waals surface area contributed by atoms with Gasteiger partial charge in [0.1, 0.15) is 34.9 Å². The van der Waals surface area contributed by atoms with Gasteiger partial charge in [-0.25, -0.2) is 9.97 Å². The number of aliphatic hydroxyl groups excluding tert-OH is 3. The maximum absolute atomic E-state index is 14.5. The zero-order chi connectivity index (χ0) is 51.2. The van der Waals surface area contributed by atoms with E-state index in [4.69, 9.17) is 29.7 Å². The zero-order valence-corrected chi connectivity index (χ0v) is 44.5. The highest BCUT2D eigenvalue weighted by molar-refractivity contribution is 7.11. The Morgan fingerprint density at radius 2 is 1.35 bits per heavy atom. The number of ether oxygens (including phenoxy) is 4. The van der Waals surface area contributed by atoms with Crippen LogP contribution in [0.1, 0.15) is 164 Å². The number of hydrogen-bond acceptors (Lipinski definition) is 16. The van der Waals surface area contributed by atoms with E-state index in [0.29, 0.717) is 35.8 Å². The van der Waals surface area contributed by atoms with E-state index in [1.807, 2.05) is 50.6 Å². The topological polar surface area (TPSA) is 221 Å². The summed E-state index contributed by atoms with van der Waals surface area (Å²) in [6.45, 7) is 22.2. The first-order valence-corrected chi connectivity index (χ1v) is 26.5. The van der Waals surface area contributed by atoms with Crippen LogP contribution >= 0.6 is 22.7 Å². The summed E-state index contributed by atoms with van der Waals surface area (Å²) in [4.78, 5) is 64.4. The van der Waals surface area contributed by atoms with Crippen molar-refractivity contribution in [2.75, 3.05) is 0 Å². The van der Waals surface area contributed by atoms with E-state index in [2.05, 4.69) is 24.9 Å². The van der Waals surface area contributed by atoms with Crippen molar-refractivity contribution in [1.82, 2.24) is 9.97 Å². The van der Waals surface area contributed by atoms with Gasteiger partial charge in [-0.1, -0.05) is 84.8 Å². The third-order valence-corrected chi connectivity index (χ3v) is 16.8. The Kier molecular flexibility index (Phi) is 19.3. The van der Waals surface area contributed by atoms with Crippen LogP contribution in [0.2, 0.25) is 0 Å². The Labute approximate surface area is 417 Å². The van der Waals surface area contributed by atoms with E-state index in [9.17, 15) is 34.5 Å². The van der Waals surface area contributed by atoms with E-state index in [-0.39, 0.29) is 35.9 Å². The van der Waals surface area contributed by atoms with E-state index in [0.717, 1.165) is 60.4 Å². The molecule has 2 aromatic rings. The van der Waals surface area contributed by atoms with Crippen LogP contribution in [0.3, 0.4) is 0 Å². The van der Waals surface area contributed by atoms with Crippen LogP contribution in [-0.4, -0.2) is 97.1 Å². The van der Waals surface area contributed by atoms with Crippen molar-refractivity contribution in [2.45, 2.75) is 202 Å². The number of Topliss-reactive ketones (excluding diaryl/α,β-unsaturated/α-hetero) is 2. The fourth-order valence-electron chi connectivity index (χ4n) is 9.77. The van der Waals surface area contributed by atoms with Crippen LogP contribution in [0.15, 0.2) is 33.6 Å². The molecule has 16 heteroatoms. The molecule has 2 fully saturated rings. The van der Waals surface area contributed by atoms with Crippen LogP contribution in [-0.2, 0) is 39.9 Å². The molecule has 2 aromatic heterocycles. The van der Waals surface area contributed by atoms with Crippen molar-refractivity contribution >= 4 is 58.3 Å². The zero-order valence-electron chi connectivity index (χ0n) is 42.9. The number of nitrogens with two attached hydrogens (primary N) is 1. The fourth-order valence-corrected chi connectivity index (χ4v) is 11.1. The van der Waals surface area contributed by atoms with Gasteiger partial charge in [0, 0.05) is 36.1 Å². The molecule has 0 saturated carbocycles. The van der Waals surface area contributed by atoms with Crippen LogP contribution in [0.25, 0.3) is 12.2 Å². The molecule has 3 aliphatic rings. The number of esters is 2. The molecule has 0 bridgehead atoms. The minimum atomic E-state index is -1.34. The third kappa shape index (κ3) is 14.5. The lowest BCUT2D eigenvalue weighted by Gasteiger charge is -2.36. The summed E-state index contributed by atoms with van der Waals surface area (Å²) in [6, 6.07) is 0. The number of allylic oxidation sites excluding steroid dienone is 1. The van der Waals surface area contributed by atoms with Crippen LogP contribution in [0, 0.1) is 34.5 Å². The molecule has 2 saturated heterocycles. The van der Waals surface area contributed by atoms with Crippen molar-refractivity contribution in [3.8, 4) is 5.19 Å². The first-order valence-electron chi connectivity index (χ1n) is 24.8. The summed E-state index contributed by atoms with van der Waals surface area (Å²) < 4.78 is 25.0. The van der Waals surface area contributed by atoms with Crippen LogP contribution in [0.5, 0.6) is 5.19 Å². The molecule has 0 aliphatic carbocycles. The highest BCUT2D eigenvalue weighted by atomic mass is 32.1. The van der Waals surface area contributed by atoms with Gasteiger partial charge in [-0.2, -0.15) is 0 Å². The molecule has 5 N–H and O–H groups in total. The van der Waals surface area contributed by atoms with E-state index in [1.54, 1.807) is 41.5 Å². The minimum absolute atomic E-state index is 0.116. The molecule has 0 radical (unpaired) electrons. The van der Waals surface area contributed by atoms with Crippen molar-refractivity contribution in [3.63, 3.8) is 0 Å². The lowest BCUT2D eigenvalue weighted by molar-refractivity contribution is -0.156. The molecule has 0 amide bonds. The molecular weight excluding hydrogens is 919 g/mol. The average Bonchev–Trinajstić information content (AvgIpc) is 3.55. The van der Waals surface area contributed by atoms with Gasteiger partial charge in [-0.05, 0) is 94.9 Å². The lowest BCUT2D eigenvalue weighted by atomic mass is 9.73. The number of hydrogen-bond donors (Lipinski definition) is 4. The summed E-state index contributed by atoms with van der Waals surface area (Å²) in [5, 5.41) is 38.7. The molecular formula is C53H79N3O11S2. The number of thiazole rings is 2. The van der Waals surface area contributed by atoms with Crippen molar-refractivity contribution in [1.29, 1.82) is 0 Å². The van der Waals surface area contributed by atoms with Gasteiger partial charge in [-0.3, -0.25) is 19.2 Å². The normalized spacial score (nSPS) is 35.0. The van der Waals surface area contributed by atoms with Crippen molar-refractivity contribution in [3.05, 3.63) is 50.0 Å². The molecule has 12 atom stereocenters. The number of aliphatic hydroxyl groups is 3. The molecule has 0 spiro atoms. The predicted octanol–water partition coefficient (Wildman–Crippen LogP) is 8.99. The van der Waals surface area contributed by atoms with Gasteiger partial charge in [-0.15, -0.1) is 11.3 Å². The number of rotatable bonds is 7. The highest BCUT2D eigenvalue weighted by Crippen LogP contribution is 2.45. The molecule has 5 rings (SSSR count). The summed E-state index contributed by atoms with van der Waals surface area (Å²) in [5.74, 6) is -3.51. The van der Waals surface area contributed by atoms with Gasteiger partial charge in [0.15, 0.2) is 0 Å². The minimum Gasteiger partial charge on any atom is -0.466 e. The van der Waals surface area contributed by atoms with Crippen molar-refractivity contribution < 1.29 is 53.4 Å². The van der Waals surface area contributed by atoms with Crippen LogP contribution in [0.4, 0.5) is 0 Å². The number of carbonyl (C=O) groups excluding carboxylic acids is 4. The number of fused-ring (bicyclic) bond motifs is 1. The number of ketones is 2. The maximum Gasteiger partial charge on any atom is 0.309 e. The largest absolute Gasteiger partial charge is 0.466 e. The second-order valence-corrected chi connectivity index (χ2v) is 23.3. The monoisotopic (exact) mass is 998 g/mol. The highest BCUT2D eigenvalue weighted by Gasteiger charge is 2.53. The first-order chi connectivity index (χ1) is 32.3. The fraction of sp³-hybridized carbons (Fsp3) is 0.698. The Balaban J connectivity index is 1.35. The first kappa shape index (κ1) is 56.3. The number of cyclic esters (lactones) is 2. The average molecular weight is 998 g/mol. The standard InChI is InChI=1S/C53H79N3O11S2/c1-29-15-13-16-30(2)46(61)34(6)48(62)51(8,9)40(57)24-44(59)64-38(19-18-29)32(4)21-37-28-69-50(56-37)66-47-31(3)17-14-20-53(12)42(67-53)23-39(33(5)22-36-27-68-43(26-54)55-36)65-45(60)25-41(58)52(10,11)49(63)35(47)7/h18,21-22,27-28,30-31,34-35,38-42,46-47,57-58,61H,13-17,19-20,23-26,54H2,1-12H3/b29-18-,32-21+,33-22+/t30-,31-,34+,35+,38-,39-,40-,41-,42-,46-,47-,53+/m0/s1. The van der Waals surface area contributed by atoms with Gasteiger partial charge < -0.3 is 40.0 Å². The maximum atomic E-state index is 14.5. The SMILES string of the molecule is C/C1=C/C[C@@H](/C(C)=C/c2csc(O[C@H]3[C@@H](C)CCC[C@@]4(C)O[C@H]4C[C@@H](/C(C)=C/c4csc(CN)n4)OC(=O)C[C@H](O)C(C)(C)C(=O)[C@@H]3C)n2)OC(=O)C[C@H](O)C(C)(C)C(=O)[C@H](C)[C@@H](O)[C@@H](C)CCC1. The van der Waals surface area contributed by atoms with Crippen molar-refractivity contribution in [2.24, 2.45) is 40.2 Å². The second kappa shape index (κ2) is 23.7. The van der Waals surface area contributed by atoms with E-state index >= 15 is 0 Å². The molecule has 384 valence electrons. The third-order valence-electron chi connectivity index (χ3n) is 15.1. The summed E-state index contributed by atoms with van der Waals surface area (Å²) in [6.07, 6.45) is 4.73. The number of aromatic nitrogens is 2. The van der Waals surface area contributed by atoms with Gasteiger partial charge in [0.2, 0.25) is 0 Å². The Bertz CT molecular complexity index is 2210. The summed E-state index contributed by atoms with van der Waals surface area (Å²) in [5.41, 5.74) is 6.63. The van der Waals surface area contributed by atoms with Gasteiger partial charge >= 0.3 is 11.9 Å². The number of nitrogens with zero attached hydrogens (tertiary/aromatic N) is 2. The van der Waals surface area contributed by atoms with Gasteiger partial charge in [0.05, 0.1) is 71.0 Å². The molecule has 3 aliphatic heterocycles. The summed E-state index contributed by atoms with van der Waals surface area (Å²) >= 11 is 2.74. The second-order valence-electron chi connectivity index (χ2n) is 21.6. The van der Waals surface area contributed by atoms with Gasteiger partial charge in [0.25, 0.3) is 5.19 Å². The smallest absolute Gasteiger partial charge is 0.309 e. The number of carbonyl (C=O) groups is 4. The Hall–Kier alpha value is -3.64. The predicted molar refractivity (Wildman–Crippen MR) is 269 cm³/mol. The molecule has 0 unspecified atom stereocenters. The quantitative estimate of drug-likeness (QED) is 0.116.